The molecule has 2 fully saturated rings. The summed E-state index contributed by atoms with van der Waals surface area (Å²) in [5.41, 5.74) is -0.303. The van der Waals surface area contributed by atoms with Crippen LogP contribution in [0.25, 0.3) is 0 Å². The summed E-state index contributed by atoms with van der Waals surface area (Å²) in [6, 6.07) is 3.27. The summed E-state index contributed by atoms with van der Waals surface area (Å²) in [6.45, 7) is 8.60. The van der Waals surface area contributed by atoms with Gasteiger partial charge in [-0.1, -0.05) is 13.8 Å². The molecule has 2 aliphatic carbocycles. The monoisotopic (exact) mass is 292 g/mol. The Bertz CT molecular complexity index is 365. The standard InChI is InChI=1S/C17H32N4/c1-14(2)11-21(10-9-20(3)4)13-17(12-18,15-5-6-15)19-16-7-8-16/h14-16,19H,5-11,13H2,1-4H3. The van der Waals surface area contributed by atoms with Gasteiger partial charge in [-0.15, -0.1) is 0 Å². The highest BCUT2D eigenvalue weighted by Crippen LogP contribution is 2.41. The normalized spacial score (nSPS) is 21.8. The molecule has 2 rings (SSSR count). The second-order valence-corrected chi connectivity index (χ2v) is 7.71. The fourth-order valence-electron chi connectivity index (χ4n) is 3.06. The van der Waals surface area contributed by atoms with E-state index in [0.29, 0.717) is 17.9 Å². The molecule has 0 aliphatic heterocycles. The topological polar surface area (TPSA) is 42.3 Å². The van der Waals surface area contributed by atoms with Gasteiger partial charge in [0.25, 0.3) is 0 Å². The van der Waals surface area contributed by atoms with Gasteiger partial charge >= 0.3 is 0 Å². The zero-order valence-electron chi connectivity index (χ0n) is 14.2. The van der Waals surface area contributed by atoms with Crippen LogP contribution in [0, 0.1) is 23.2 Å². The SMILES string of the molecule is CC(C)CN(CCN(C)C)CC(C#N)(NC1CC1)C1CC1. The molecule has 2 saturated carbocycles. The average Bonchev–Trinajstić information content (AvgIpc) is 3.25. The second-order valence-electron chi connectivity index (χ2n) is 7.71. The van der Waals surface area contributed by atoms with E-state index in [0.717, 1.165) is 26.2 Å². The van der Waals surface area contributed by atoms with Crippen molar-refractivity contribution in [3.63, 3.8) is 0 Å². The minimum atomic E-state index is -0.303. The molecule has 1 unspecified atom stereocenters. The van der Waals surface area contributed by atoms with Crippen molar-refractivity contribution in [1.82, 2.24) is 15.1 Å². The van der Waals surface area contributed by atoms with Gasteiger partial charge in [-0.25, -0.2) is 0 Å². The maximum Gasteiger partial charge on any atom is 0.122 e. The van der Waals surface area contributed by atoms with Gasteiger partial charge in [-0.2, -0.15) is 5.26 Å². The molecular weight excluding hydrogens is 260 g/mol. The van der Waals surface area contributed by atoms with Crippen molar-refractivity contribution in [2.24, 2.45) is 11.8 Å². The van der Waals surface area contributed by atoms with Crippen LogP contribution < -0.4 is 5.32 Å². The van der Waals surface area contributed by atoms with Crippen molar-refractivity contribution < 1.29 is 0 Å². The van der Waals surface area contributed by atoms with E-state index in [2.05, 4.69) is 49.1 Å². The predicted molar refractivity (Wildman–Crippen MR) is 87.1 cm³/mol. The van der Waals surface area contributed by atoms with Crippen LogP contribution in [-0.4, -0.2) is 61.7 Å². The first-order valence-electron chi connectivity index (χ1n) is 8.51. The van der Waals surface area contributed by atoms with Crippen molar-refractivity contribution in [3.05, 3.63) is 0 Å². The molecule has 0 spiro atoms. The molecule has 2 aliphatic rings. The second kappa shape index (κ2) is 7.09. The molecule has 1 atom stereocenters. The van der Waals surface area contributed by atoms with Gasteiger partial charge in [0.15, 0.2) is 0 Å². The Morgan fingerprint density at radius 1 is 1.19 bits per heavy atom. The van der Waals surface area contributed by atoms with Crippen LogP contribution in [0.5, 0.6) is 0 Å². The summed E-state index contributed by atoms with van der Waals surface area (Å²) in [4.78, 5) is 4.73. The Morgan fingerprint density at radius 2 is 1.86 bits per heavy atom. The number of nitriles is 1. The number of nitrogens with zero attached hydrogens (tertiary/aromatic N) is 3. The first-order valence-corrected chi connectivity index (χ1v) is 8.51. The summed E-state index contributed by atoms with van der Waals surface area (Å²) in [6.07, 6.45) is 4.93. The molecule has 21 heavy (non-hydrogen) atoms. The lowest BCUT2D eigenvalue weighted by Crippen LogP contribution is -2.56. The average molecular weight is 292 g/mol. The highest BCUT2D eigenvalue weighted by molar-refractivity contribution is 5.18. The van der Waals surface area contributed by atoms with Gasteiger partial charge in [0, 0.05) is 32.2 Å². The molecule has 4 nitrogen and oxygen atoms in total. The van der Waals surface area contributed by atoms with E-state index in [-0.39, 0.29) is 5.54 Å². The van der Waals surface area contributed by atoms with Gasteiger partial charge in [0.1, 0.15) is 5.54 Å². The van der Waals surface area contributed by atoms with Crippen LogP contribution in [0.4, 0.5) is 0 Å². The first-order chi connectivity index (χ1) is 9.95. The van der Waals surface area contributed by atoms with E-state index in [1.807, 2.05) is 0 Å². The van der Waals surface area contributed by atoms with Crippen LogP contribution >= 0.6 is 0 Å². The van der Waals surface area contributed by atoms with E-state index in [9.17, 15) is 5.26 Å². The Balaban J connectivity index is 2.00. The summed E-state index contributed by atoms with van der Waals surface area (Å²) in [7, 11) is 4.24. The lowest BCUT2D eigenvalue weighted by Gasteiger charge is -2.36. The third kappa shape index (κ3) is 5.25. The van der Waals surface area contributed by atoms with E-state index in [1.165, 1.54) is 25.7 Å². The van der Waals surface area contributed by atoms with Crippen LogP contribution in [0.3, 0.4) is 0 Å². The maximum absolute atomic E-state index is 9.87. The minimum absolute atomic E-state index is 0.303. The molecule has 0 aromatic carbocycles. The minimum Gasteiger partial charge on any atom is -0.308 e. The van der Waals surface area contributed by atoms with Crippen molar-refractivity contribution >= 4 is 0 Å². The zero-order valence-corrected chi connectivity index (χ0v) is 14.2. The molecule has 0 aromatic rings. The summed E-state index contributed by atoms with van der Waals surface area (Å²) < 4.78 is 0. The Labute approximate surface area is 130 Å². The smallest absolute Gasteiger partial charge is 0.122 e. The fraction of sp³-hybridized carbons (Fsp3) is 0.941. The van der Waals surface area contributed by atoms with Gasteiger partial charge in [0.05, 0.1) is 6.07 Å². The highest BCUT2D eigenvalue weighted by atomic mass is 15.2. The molecular formula is C17H32N4. The third-order valence-corrected chi connectivity index (χ3v) is 4.47. The molecule has 0 bridgehead atoms. The van der Waals surface area contributed by atoms with Gasteiger partial charge in [-0.3, -0.25) is 10.2 Å². The van der Waals surface area contributed by atoms with Crippen LogP contribution in [0.1, 0.15) is 39.5 Å². The predicted octanol–water partition coefficient (Wildman–Crippen LogP) is 1.93. The first kappa shape index (κ1) is 16.7. The number of rotatable bonds is 10. The van der Waals surface area contributed by atoms with Crippen LogP contribution in [0.15, 0.2) is 0 Å². The quantitative estimate of drug-likeness (QED) is 0.668. The summed E-state index contributed by atoms with van der Waals surface area (Å²) in [5, 5.41) is 13.6. The third-order valence-electron chi connectivity index (χ3n) is 4.47. The van der Waals surface area contributed by atoms with Gasteiger partial charge < -0.3 is 4.90 Å². The molecule has 0 heterocycles. The molecule has 0 radical (unpaired) electrons. The van der Waals surface area contributed by atoms with Crippen molar-refractivity contribution in [2.45, 2.75) is 51.1 Å². The van der Waals surface area contributed by atoms with Gasteiger partial charge in [-0.05, 0) is 51.6 Å². The molecule has 0 saturated heterocycles. The van der Waals surface area contributed by atoms with E-state index in [4.69, 9.17) is 0 Å². The molecule has 120 valence electrons. The fourth-order valence-corrected chi connectivity index (χ4v) is 3.06. The Hall–Kier alpha value is -0.630. The number of hydrogen-bond acceptors (Lipinski definition) is 4. The maximum atomic E-state index is 9.87. The van der Waals surface area contributed by atoms with Crippen LogP contribution in [-0.2, 0) is 0 Å². The summed E-state index contributed by atoms with van der Waals surface area (Å²) in [5.74, 6) is 1.21. The summed E-state index contributed by atoms with van der Waals surface area (Å²) >= 11 is 0. The molecule has 0 amide bonds. The lowest BCUT2D eigenvalue weighted by atomic mass is 9.93. The molecule has 4 heteroatoms. The van der Waals surface area contributed by atoms with Crippen LogP contribution in [0.2, 0.25) is 0 Å². The van der Waals surface area contributed by atoms with Crippen molar-refractivity contribution in [1.29, 1.82) is 5.26 Å². The Morgan fingerprint density at radius 3 is 2.29 bits per heavy atom. The van der Waals surface area contributed by atoms with E-state index in [1.54, 1.807) is 0 Å². The highest BCUT2D eigenvalue weighted by Gasteiger charge is 2.49. The lowest BCUT2D eigenvalue weighted by molar-refractivity contribution is 0.165. The zero-order chi connectivity index (χ0) is 15.5. The number of likely N-dealkylation sites (N-methyl/N-ethyl adjacent to an activating group) is 1. The molecule has 0 aromatic heterocycles. The van der Waals surface area contributed by atoms with E-state index < -0.39 is 0 Å². The number of hydrogen-bond donors (Lipinski definition) is 1. The van der Waals surface area contributed by atoms with Crippen molar-refractivity contribution in [3.8, 4) is 6.07 Å². The Kier molecular flexibility index (Phi) is 5.65. The number of nitrogens with one attached hydrogen (secondary N) is 1. The molecule has 1 N–H and O–H groups in total. The van der Waals surface area contributed by atoms with Gasteiger partial charge in [0.2, 0.25) is 0 Å². The van der Waals surface area contributed by atoms with E-state index >= 15 is 0 Å². The van der Waals surface area contributed by atoms with Crippen molar-refractivity contribution in [2.75, 3.05) is 40.3 Å². The largest absolute Gasteiger partial charge is 0.308 e.